The molecule has 5 heteroatoms. The molecule has 0 aliphatic carbocycles. The first-order valence-electron chi connectivity index (χ1n) is 4.37. The number of aromatic hydroxyl groups is 1. The molecule has 0 amide bonds. The van der Waals surface area contributed by atoms with Crippen LogP contribution in [0.5, 0.6) is 5.75 Å². The van der Waals surface area contributed by atoms with E-state index in [0.717, 1.165) is 6.07 Å². The van der Waals surface area contributed by atoms with E-state index in [1.54, 1.807) is 0 Å². The van der Waals surface area contributed by atoms with Crippen molar-refractivity contribution < 1.29 is 19.0 Å². The summed E-state index contributed by atoms with van der Waals surface area (Å²) in [6, 6.07) is 3.94. The summed E-state index contributed by atoms with van der Waals surface area (Å²) in [7, 11) is 1.21. The molecule has 0 bridgehead atoms. The third kappa shape index (κ3) is 2.24. The van der Waals surface area contributed by atoms with Gasteiger partial charge in [-0.2, -0.15) is 0 Å². The summed E-state index contributed by atoms with van der Waals surface area (Å²) >= 11 is 0. The normalized spacial score (nSPS) is 12.2. The highest BCUT2D eigenvalue weighted by Crippen LogP contribution is 2.28. The van der Waals surface area contributed by atoms with E-state index in [1.165, 1.54) is 19.2 Å². The molecular formula is C10H12FNO3. The van der Waals surface area contributed by atoms with Gasteiger partial charge in [0, 0.05) is 12.1 Å². The highest BCUT2D eigenvalue weighted by atomic mass is 19.1. The number of carbonyl (C=O) groups excluding carboxylic acids is 1. The number of nitrogens with two attached hydrogens (primary N) is 1. The quantitative estimate of drug-likeness (QED) is 0.726. The maximum absolute atomic E-state index is 13.0. The zero-order chi connectivity index (χ0) is 11.4. The van der Waals surface area contributed by atoms with Crippen molar-refractivity contribution in [3.8, 4) is 5.75 Å². The van der Waals surface area contributed by atoms with Gasteiger partial charge in [0.05, 0.1) is 13.0 Å². The minimum atomic E-state index is -0.842. The van der Waals surface area contributed by atoms with E-state index in [4.69, 9.17) is 5.73 Å². The zero-order valence-corrected chi connectivity index (χ0v) is 8.24. The fourth-order valence-electron chi connectivity index (χ4n) is 1.31. The van der Waals surface area contributed by atoms with Crippen molar-refractivity contribution in [1.29, 1.82) is 0 Å². The maximum Gasteiger partial charge on any atom is 0.314 e. The molecule has 1 aromatic carbocycles. The highest BCUT2D eigenvalue weighted by molar-refractivity contribution is 5.79. The number of hydrogen-bond acceptors (Lipinski definition) is 4. The van der Waals surface area contributed by atoms with Gasteiger partial charge in [0.1, 0.15) is 0 Å². The Bertz CT molecular complexity index is 368. The summed E-state index contributed by atoms with van der Waals surface area (Å²) in [5.41, 5.74) is 5.51. The van der Waals surface area contributed by atoms with Crippen LogP contribution < -0.4 is 5.73 Å². The van der Waals surface area contributed by atoms with Gasteiger partial charge in [0.15, 0.2) is 11.6 Å². The number of esters is 1. The number of ether oxygens (including phenoxy) is 1. The lowest BCUT2D eigenvalue weighted by molar-refractivity contribution is -0.142. The number of halogens is 1. The van der Waals surface area contributed by atoms with Crippen molar-refractivity contribution in [2.24, 2.45) is 5.73 Å². The molecule has 0 aliphatic heterocycles. The molecule has 0 aliphatic rings. The first kappa shape index (κ1) is 11.5. The number of phenolic OH excluding ortho intramolecular Hbond substituents is 1. The number of methoxy groups -OCH3 is 1. The van der Waals surface area contributed by atoms with E-state index >= 15 is 0 Å². The van der Waals surface area contributed by atoms with E-state index in [0.29, 0.717) is 0 Å². The van der Waals surface area contributed by atoms with Crippen molar-refractivity contribution in [2.45, 2.75) is 5.92 Å². The van der Waals surface area contributed by atoms with Crippen molar-refractivity contribution >= 4 is 5.97 Å². The standard InChI is InChI=1S/C10H12FNO3/c1-15-10(14)7(5-12)6-3-2-4-8(11)9(6)13/h2-4,7,13H,5,12H2,1H3. The Kier molecular flexibility index (Phi) is 3.62. The third-order valence-electron chi connectivity index (χ3n) is 2.11. The van der Waals surface area contributed by atoms with Gasteiger partial charge in [-0.1, -0.05) is 12.1 Å². The Hall–Kier alpha value is -1.62. The molecule has 0 spiro atoms. The van der Waals surface area contributed by atoms with Crippen LogP contribution in [0.15, 0.2) is 18.2 Å². The average Bonchev–Trinajstić information content (AvgIpc) is 2.24. The van der Waals surface area contributed by atoms with Crippen LogP contribution in [0.2, 0.25) is 0 Å². The van der Waals surface area contributed by atoms with Crippen LogP contribution >= 0.6 is 0 Å². The number of benzene rings is 1. The summed E-state index contributed by atoms with van der Waals surface area (Å²) in [6.45, 7) is -0.0519. The van der Waals surface area contributed by atoms with Gasteiger partial charge in [0.2, 0.25) is 0 Å². The number of rotatable bonds is 3. The second kappa shape index (κ2) is 4.75. The second-order valence-electron chi connectivity index (χ2n) is 2.99. The molecule has 3 N–H and O–H groups in total. The Morgan fingerprint density at radius 3 is 2.87 bits per heavy atom. The predicted molar refractivity (Wildman–Crippen MR) is 51.9 cm³/mol. The molecule has 1 atom stereocenters. The molecule has 4 nitrogen and oxygen atoms in total. The monoisotopic (exact) mass is 213 g/mol. The summed E-state index contributed by atoms with van der Waals surface area (Å²) < 4.78 is 17.5. The lowest BCUT2D eigenvalue weighted by Gasteiger charge is -2.14. The van der Waals surface area contributed by atoms with E-state index in [-0.39, 0.29) is 12.1 Å². The summed E-state index contributed by atoms with van der Waals surface area (Å²) in [5.74, 6) is -2.78. The lowest BCUT2D eigenvalue weighted by atomic mass is 9.98. The first-order valence-corrected chi connectivity index (χ1v) is 4.37. The predicted octanol–water partition coefficient (Wildman–Crippen LogP) is 0.747. The number of para-hydroxylation sites is 1. The number of hydrogen-bond donors (Lipinski definition) is 2. The van der Waals surface area contributed by atoms with Gasteiger partial charge in [-0.15, -0.1) is 0 Å². The topological polar surface area (TPSA) is 72.5 Å². The lowest BCUT2D eigenvalue weighted by Crippen LogP contribution is -2.23. The minimum Gasteiger partial charge on any atom is -0.505 e. The van der Waals surface area contributed by atoms with Gasteiger partial charge in [-0.3, -0.25) is 4.79 Å². The van der Waals surface area contributed by atoms with E-state index in [2.05, 4.69) is 4.74 Å². The molecule has 82 valence electrons. The molecule has 0 radical (unpaired) electrons. The molecule has 0 saturated carbocycles. The van der Waals surface area contributed by atoms with E-state index in [9.17, 15) is 14.3 Å². The molecule has 1 unspecified atom stereocenters. The fraction of sp³-hybridized carbons (Fsp3) is 0.300. The van der Waals surface area contributed by atoms with Crippen molar-refractivity contribution in [1.82, 2.24) is 0 Å². The minimum absolute atomic E-state index is 0.0519. The van der Waals surface area contributed by atoms with Crippen molar-refractivity contribution in [3.05, 3.63) is 29.6 Å². The Morgan fingerprint density at radius 1 is 1.67 bits per heavy atom. The number of carbonyl (C=O) groups is 1. The van der Waals surface area contributed by atoms with Crippen LogP contribution in [-0.2, 0) is 9.53 Å². The van der Waals surface area contributed by atoms with Crippen LogP contribution in [0.3, 0.4) is 0 Å². The van der Waals surface area contributed by atoms with Crippen LogP contribution in [-0.4, -0.2) is 24.7 Å². The van der Waals surface area contributed by atoms with Crippen LogP contribution in [0.1, 0.15) is 11.5 Å². The molecule has 0 saturated heterocycles. The Labute approximate surface area is 86.5 Å². The highest BCUT2D eigenvalue weighted by Gasteiger charge is 2.23. The Balaban J connectivity index is 3.12. The zero-order valence-electron chi connectivity index (χ0n) is 8.24. The van der Waals surface area contributed by atoms with Crippen LogP contribution in [0.4, 0.5) is 4.39 Å². The maximum atomic E-state index is 13.0. The van der Waals surface area contributed by atoms with Crippen molar-refractivity contribution in [2.75, 3.05) is 13.7 Å². The molecule has 1 rings (SSSR count). The molecule has 15 heavy (non-hydrogen) atoms. The number of phenols is 1. The van der Waals surface area contributed by atoms with E-state index in [1.807, 2.05) is 0 Å². The SMILES string of the molecule is COC(=O)C(CN)c1cccc(F)c1O. The van der Waals surface area contributed by atoms with Crippen LogP contribution in [0.25, 0.3) is 0 Å². The van der Waals surface area contributed by atoms with Gasteiger partial charge >= 0.3 is 5.97 Å². The molecule has 0 aromatic heterocycles. The van der Waals surface area contributed by atoms with E-state index < -0.39 is 23.5 Å². The van der Waals surface area contributed by atoms with Crippen LogP contribution in [0, 0.1) is 5.82 Å². The largest absolute Gasteiger partial charge is 0.505 e. The van der Waals surface area contributed by atoms with Gasteiger partial charge in [-0.25, -0.2) is 4.39 Å². The fourth-order valence-corrected chi connectivity index (χ4v) is 1.31. The smallest absolute Gasteiger partial charge is 0.314 e. The molecule has 0 heterocycles. The average molecular weight is 213 g/mol. The van der Waals surface area contributed by atoms with Gasteiger partial charge in [-0.05, 0) is 6.07 Å². The molecule has 1 aromatic rings. The summed E-state index contributed by atoms with van der Waals surface area (Å²) in [5, 5.41) is 9.41. The molecular weight excluding hydrogens is 201 g/mol. The second-order valence-corrected chi connectivity index (χ2v) is 2.99. The Morgan fingerprint density at radius 2 is 2.33 bits per heavy atom. The van der Waals surface area contributed by atoms with Crippen molar-refractivity contribution in [3.63, 3.8) is 0 Å². The van der Waals surface area contributed by atoms with Gasteiger partial charge < -0.3 is 15.6 Å². The summed E-state index contributed by atoms with van der Waals surface area (Å²) in [6.07, 6.45) is 0. The molecule has 0 fully saturated rings. The third-order valence-corrected chi connectivity index (χ3v) is 2.11. The summed E-state index contributed by atoms with van der Waals surface area (Å²) in [4.78, 5) is 11.3. The van der Waals surface area contributed by atoms with Gasteiger partial charge in [0.25, 0.3) is 0 Å². The first-order chi connectivity index (χ1) is 7.11.